The van der Waals surface area contributed by atoms with E-state index in [1.807, 2.05) is 0 Å². The highest BCUT2D eigenvalue weighted by molar-refractivity contribution is 5.92. The van der Waals surface area contributed by atoms with E-state index < -0.39 is 0 Å². The Morgan fingerprint density at radius 3 is 2.56 bits per heavy atom. The van der Waals surface area contributed by atoms with E-state index in [9.17, 15) is 4.79 Å². The third kappa shape index (κ3) is 2.09. The minimum Gasteiger partial charge on any atom is -0.436 e. The lowest BCUT2D eigenvalue weighted by Gasteiger charge is -2.29. The van der Waals surface area contributed by atoms with E-state index in [4.69, 9.17) is 10.2 Å². The van der Waals surface area contributed by atoms with Crippen LogP contribution in [-0.4, -0.2) is 34.9 Å². The van der Waals surface area contributed by atoms with Gasteiger partial charge in [0.2, 0.25) is 5.76 Å². The third-order valence-corrected chi connectivity index (χ3v) is 2.92. The lowest BCUT2D eigenvalue weighted by molar-refractivity contribution is 0.0680. The SMILES string of the molecule is Cc1nc(C)c(C(=O)N2CCC(N)CC2)o1. The van der Waals surface area contributed by atoms with E-state index >= 15 is 0 Å². The average molecular weight is 223 g/mol. The van der Waals surface area contributed by atoms with Gasteiger partial charge < -0.3 is 15.1 Å². The van der Waals surface area contributed by atoms with Crippen molar-refractivity contribution in [1.29, 1.82) is 0 Å². The molecule has 1 amide bonds. The molecule has 0 aromatic carbocycles. The molecule has 1 aromatic heterocycles. The van der Waals surface area contributed by atoms with E-state index in [1.165, 1.54) is 0 Å². The van der Waals surface area contributed by atoms with Crippen LogP contribution < -0.4 is 5.73 Å². The second kappa shape index (κ2) is 4.25. The number of piperidine rings is 1. The van der Waals surface area contributed by atoms with Crippen LogP contribution >= 0.6 is 0 Å². The van der Waals surface area contributed by atoms with E-state index in [1.54, 1.807) is 18.7 Å². The van der Waals surface area contributed by atoms with Gasteiger partial charge in [-0.15, -0.1) is 0 Å². The van der Waals surface area contributed by atoms with Gasteiger partial charge >= 0.3 is 0 Å². The zero-order valence-electron chi connectivity index (χ0n) is 9.69. The summed E-state index contributed by atoms with van der Waals surface area (Å²) in [6.07, 6.45) is 1.72. The minimum atomic E-state index is -0.0648. The van der Waals surface area contributed by atoms with Gasteiger partial charge in [-0.3, -0.25) is 4.79 Å². The van der Waals surface area contributed by atoms with Crippen LogP contribution in [0.4, 0.5) is 0 Å². The van der Waals surface area contributed by atoms with Crippen LogP contribution in [0.1, 0.15) is 35.0 Å². The van der Waals surface area contributed by atoms with Gasteiger partial charge in [0.15, 0.2) is 5.89 Å². The number of rotatable bonds is 1. The van der Waals surface area contributed by atoms with E-state index in [-0.39, 0.29) is 11.9 Å². The Hall–Kier alpha value is -1.36. The van der Waals surface area contributed by atoms with Gasteiger partial charge in [-0.2, -0.15) is 0 Å². The normalized spacial score (nSPS) is 17.8. The number of aromatic nitrogens is 1. The summed E-state index contributed by atoms with van der Waals surface area (Å²) in [6, 6.07) is 0.224. The lowest BCUT2D eigenvalue weighted by Crippen LogP contribution is -2.42. The number of nitrogens with two attached hydrogens (primary N) is 1. The first-order chi connectivity index (χ1) is 7.58. The maximum absolute atomic E-state index is 12.1. The average Bonchev–Trinajstić information content (AvgIpc) is 2.58. The molecule has 2 N–H and O–H groups in total. The van der Waals surface area contributed by atoms with Gasteiger partial charge in [-0.05, 0) is 19.8 Å². The molecule has 1 aromatic rings. The Morgan fingerprint density at radius 2 is 2.06 bits per heavy atom. The summed E-state index contributed by atoms with van der Waals surface area (Å²) in [5.41, 5.74) is 6.46. The van der Waals surface area contributed by atoms with Gasteiger partial charge in [0.05, 0.1) is 5.69 Å². The molecule has 1 aliphatic rings. The first-order valence-corrected chi connectivity index (χ1v) is 5.57. The summed E-state index contributed by atoms with van der Waals surface area (Å²) in [5.74, 6) is 0.840. The molecule has 0 atom stereocenters. The summed E-state index contributed by atoms with van der Waals surface area (Å²) < 4.78 is 5.32. The topological polar surface area (TPSA) is 72.4 Å². The fraction of sp³-hybridized carbons (Fsp3) is 0.636. The van der Waals surface area contributed by atoms with Gasteiger partial charge in [-0.25, -0.2) is 4.98 Å². The number of oxazole rings is 1. The first kappa shape index (κ1) is 11.1. The number of aryl methyl sites for hydroxylation is 2. The fourth-order valence-corrected chi connectivity index (χ4v) is 1.98. The summed E-state index contributed by atoms with van der Waals surface area (Å²) in [6.45, 7) is 4.95. The van der Waals surface area contributed by atoms with E-state index in [2.05, 4.69) is 4.98 Å². The molecule has 2 rings (SSSR count). The highest BCUT2D eigenvalue weighted by Crippen LogP contribution is 2.16. The Bertz CT molecular complexity index is 392. The molecule has 88 valence electrons. The monoisotopic (exact) mass is 223 g/mol. The zero-order valence-corrected chi connectivity index (χ0v) is 9.69. The standard InChI is InChI=1S/C11H17N3O2/c1-7-10(16-8(2)13-7)11(15)14-5-3-9(12)4-6-14/h9H,3-6,12H2,1-2H3. The molecule has 5 nitrogen and oxygen atoms in total. The number of hydrogen-bond acceptors (Lipinski definition) is 4. The van der Waals surface area contributed by atoms with Crippen molar-refractivity contribution >= 4 is 5.91 Å². The second-order valence-corrected chi connectivity index (χ2v) is 4.28. The van der Waals surface area contributed by atoms with E-state index in [0.29, 0.717) is 30.4 Å². The molecule has 0 spiro atoms. The summed E-state index contributed by atoms with van der Waals surface area (Å²) in [7, 11) is 0. The van der Waals surface area contributed by atoms with Crippen LogP contribution in [0.5, 0.6) is 0 Å². The summed E-state index contributed by atoms with van der Waals surface area (Å²) in [4.78, 5) is 18.0. The lowest BCUT2D eigenvalue weighted by atomic mass is 10.1. The third-order valence-electron chi connectivity index (χ3n) is 2.92. The maximum atomic E-state index is 12.1. The minimum absolute atomic E-state index is 0.0648. The van der Waals surface area contributed by atoms with Gasteiger partial charge in [0.25, 0.3) is 5.91 Å². The van der Waals surface area contributed by atoms with Crippen LogP contribution in [0.2, 0.25) is 0 Å². The summed E-state index contributed by atoms with van der Waals surface area (Å²) >= 11 is 0. The smallest absolute Gasteiger partial charge is 0.291 e. The van der Waals surface area contributed by atoms with Crippen molar-refractivity contribution in [3.63, 3.8) is 0 Å². The quantitative estimate of drug-likeness (QED) is 0.766. The van der Waals surface area contributed by atoms with Crippen LogP contribution in [0.3, 0.4) is 0 Å². The molecule has 1 aliphatic heterocycles. The molecular weight excluding hydrogens is 206 g/mol. The maximum Gasteiger partial charge on any atom is 0.291 e. The molecule has 5 heteroatoms. The second-order valence-electron chi connectivity index (χ2n) is 4.28. The van der Waals surface area contributed by atoms with Gasteiger partial charge in [0.1, 0.15) is 0 Å². The van der Waals surface area contributed by atoms with Crippen molar-refractivity contribution in [1.82, 2.24) is 9.88 Å². The molecule has 1 fully saturated rings. The molecular formula is C11H17N3O2. The van der Waals surface area contributed by atoms with Crippen LogP contribution in [0.25, 0.3) is 0 Å². The van der Waals surface area contributed by atoms with Crippen molar-refractivity contribution < 1.29 is 9.21 Å². The van der Waals surface area contributed by atoms with Gasteiger partial charge in [0, 0.05) is 26.1 Å². The molecule has 16 heavy (non-hydrogen) atoms. The number of amides is 1. The van der Waals surface area contributed by atoms with Gasteiger partial charge in [-0.1, -0.05) is 0 Å². The molecule has 0 aliphatic carbocycles. The number of carbonyl (C=O) groups is 1. The first-order valence-electron chi connectivity index (χ1n) is 5.57. The van der Waals surface area contributed by atoms with Crippen molar-refractivity contribution in [2.75, 3.05) is 13.1 Å². The van der Waals surface area contributed by atoms with Crippen LogP contribution in [0.15, 0.2) is 4.42 Å². The van der Waals surface area contributed by atoms with Crippen LogP contribution in [0, 0.1) is 13.8 Å². The zero-order chi connectivity index (χ0) is 11.7. The molecule has 0 saturated carbocycles. The molecule has 0 radical (unpaired) electrons. The van der Waals surface area contributed by atoms with Crippen molar-refractivity contribution in [3.8, 4) is 0 Å². The molecule has 0 bridgehead atoms. The Labute approximate surface area is 94.6 Å². The van der Waals surface area contributed by atoms with Crippen molar-refractivity contribution in [2.45, 2.75) is 32.7 Å². The highest BCUT2D eigenvalue weighted by atomic mass is 16.4. The summed E-state index contributed by atoms with van der Waals surface area (Å²) in [5, 5.41) is 0. The number of nitrogens with zero attached hydrogens (tertiary/aromatic N) is 2. The number of hydrogen-bond donors (Lipinski definition) is 1. The predicted octanol–water partition coefficient (Wildman–Crippen LogP) is 0.855. The molecule has 1 saturated heterocycles. The van der Waals surface area contributed by atoms with Crippen molar-refractivity contribution in [3.05, 3.63) is 17.3 Å². The Kier molecular flexibility index (Phi) is 2.96. The number of likely N-dealkylation sites (tertiary alicyclic amines) is 1. The molecule has 0 unspecified atom stereocenters. The number of carbonyl (C=O) groups excluding carboxylic acids is 1. The predicted molar refractivity (Wildman–Crippen MR) is 59.1 cm³/mol. The van der Waals surface area contributed by atoms with Crippen LogP contribution in [-0.2, 0) is 0 Å². The largest absolute Gasteiger partial charge is 0.436 e. The fourth-order valence-electron chi connectivity index (χ4n) is 1.98. The Morgan fingerprint density at radius 1 is 1.44 bits per heavy atom. The highest BCUT2D eigenvalue weighted by Gasteiger charge is 2.25. The molecule has 2 heterocycles. The van der Waals surface area contributed by atoms with E-state index in [0.717, 1.165) is 12.8 Å². The Balaban J connectivity index is 2.10. The van der Waals surface area contributed by atoms with Crippen molar-refractivity contribution in [2.24, 2.45) is 5.73 Å².